The fourth-order valence-corrected chi connectivity index (χ4v) is 2.62. The molecule has 2 aromatic carbocycles. The molecule has 0 radical (unpaired) electrons. The molecule has 0 aliphatic carbocycles. The molecule has 1 amide bonds. The second kappa shape index (κ2) is 6.45. The van der Waals surface area contributed by atoms with Gasteiger partial charge in [-0.2, -0.15) is 0 Å². The molecule has 23 heavy (non-hydrogen) atoms. The summed E-state index contributed by atoms with van der Waals surface area (Å²) in [5, 5.41) is 3.04. The van der Waals surface area contributed by atoms with Gasteiger partial charge in [-0.25, -0.2) is 0 Å². The van der Waals surface area contributed by atoms with Gasteiger partial charge in [-0.3, -0.25) is 4.79 Å². The Morgan fingerprint density at radius 2 is 1.61 bits per heavy atom. The Morgan fingerprint density at radius 3 is 2.13 bits per heavy atom. The van der Waals surface area contributed by atoms with Crippen molar-refractivity contribution in [2.45, 2.75) is 33.1 Å². The highest BCUT2D eigenvalue weighted by atomic mass is 16.2. The van der Waals surface area contributed by atoms with E-state index in [0.717, 1.165) is 22.5 Å². The predicted molar refractivity (Wildman–Crippen MR) is 98.3 cm³/mol. The molecule has 0 unspecified atom stereocenters. The summed E-state index contributed by atoms with van der Waals surface area (Å²) in [5.74, 6) is -0.00152. The third-order valence-corrected chi connectivity index (χ3v) is 4.28. The van der Waals surface area contributed by atoms with Gasteiger partial charge < -0.3 is 10.2 Å². The third kappa shape index (κ3) is 3.73. The first-order valence-electron chi connectivity index (χ1n) is 7.88. The number of carbonyl (C=O) groups excluding carboxylic acids is 1. The Bertz CT molecular complexity index is 700. The molecule has 0 spiro atoms. The lowest BCUT2D eigenvalue weighted by molar-refractivity contribution is -0.120. The molecular formula is C20H26N2O. The number of hydrogen-bond acceptors (Lipinski definition) is 2. The molecule has 0 atom stereocenters. The summed E-state index contributed by atoms with van der Waals surface area (Å²) in [7, 11) is 4.03. The van der Waals surface area contributed by atoms with Crippen molar-refractivity contribution < 1.29 is 4.79 Å². The minimum atomic E-state index is -0.582. The molecule has 0 bridgehead atoms. The Morgan fingerprint density at radius 1 is 1.00 bits per heavy atom. The molecule has 0 aliphatic heterocycles. The third-order valence-electron chi connectivity index (χ3n) is 4.28. The molecule has 122 valence electrons. The molecular weight excluding hydrogens is 284 g/mol. The maximum atomic E-state index is 12.7. The van der Waals surface area contributed by atoms with Gasteiger partial charge >= 0.3 is 0 Å². The van der Waals surface area contributed by atoms with Gasteiger partial charge in [-0.05, 0) is 57.0 Å². The van der Waals surface area contributed by atoms with Gasteiger partial charge in [0.25, 0.3) is 0 Å². The molecule has 0 aliphatic rings. The summed E-state index contributed by atoms with van der Waals surface area (Å²) >= 11 is 0. The van der Waals surface area contributed by atoms with Crippen LogP contribution in [0.3, 0.4) is 0 Å². The summed E-state index contributed by atoms with van der Waals surface area (Å²) < 4.78 is 0. The second-order valence-corrected chi connectivity index (χ2v) is 6.84. The largest absolute Gasteiger partial charge is 0.377 e. The molecule has 2 rings (SSSR count). The van der Waals surface area contributed by atoms with E-state index in [1.165, 1.54) is 5.56 Å². The van der Waals surface area contributed by atoms with E-state index in [2.05, 4.69) is 17.1 Å². The van der Waals surface area contributed by atoms with Crippen molar-refractivity contribution in [3.8, 4) is 0 Å². The Labute approximate surface area is 139 Å². The van der Waals surface area contributed by atoms with E-state index in [0.29, 0.717) is 0 Å². The van der Waals surface area contributed by atoms with Gasteiger partial charge in [0, 0.05) is 25.5 Å². The van der Waals surface area contributed by atoms with Crippen molar-refractivity contribution in [3.05, 3.63) is 59.2 Å². The molecule has 3 heteroatoms. The quantitative estimate of drug-likeness (QED) is 0.914. The van der Waals surface area contributed by atoms with Crippen LogP contribution < -0.4 is 10.2 Å². The van der Waals surface area contributed by atoms with Crippen LogP contribution in [0.2, 0.25) is 0 Å². The van der Waals surface area contributed by atoms with Gasteiger partial charge in [0.05, 0.1) is 5.41 Å². The number of rotatable bonds is 4. The Balaban J connectivity index is 2.20. The van der Waals surface area contributed by atoms with Crippen LogP contribution in [0.25, 0.3) is 0 Å². The minimum absolute atomic E-state index is 0.00152. The number of hydrogen-bond donors (Lipinski definition) is 1. The second-order valence-electron chi connectivity index (χ2n) is 6.84. The van der Waals surface area contributed by atoms with E-state index in [1.807, 2.05) is 77.3 Å². The maximum absolute atomic E-state index is 12.7. The summed E-state index contributed by atoms with van der Waals surface area (Å²) in [5.41, 5.74) is 4.75. The molecule has 2 aromatic rings. The number of amides is 1. The van der Waals surface area contributed by atoms with E-state index < -0.39 is 5.41 Å². The lowest BCUT2D eigenvalue weighted by atomic mass is 9.83. The normalized spacial score (nSPS) is 11.2. The zero-order valence-electron chi connectivity index (χ0n) is 14.9. The minimum Gasteiger partial charge on any atom is -0.377 e. The Hall–Kier alpha value is -2.29. The molecule has 0 saturated heterocycles. The van der Waals surface area contributed by atoms with Crippen molar-refractivity contribution >= 4 is 17.3 Å². The van der Waals surface area contributed by atoms with Gasteiger partial charge in [0.15, 0.2) is 0 Å². The van der Waals surface area contributed by atoms with Gasteiger partial charge in [-0.1, -0.05) is 29.8 Å². The fraction of sp³-hybridized carbons (Fsp3) is 0.350. The molecule has 0 heterocycles. The zero-order chi connectivity index (χ0) is 17.2. The highest BCUT2D eigenvalue weighted by Crippen LogP contribution is 2.27. The van der Waals surface area contributed by atoms with Crippen molar-refractivity contribution in [3.63, 3.8) is 0 Å². The number of nitrogens with one attached hydrogen (secondary N) is 1. The van der Waals surface area contributed by atoms with E-state index in [9.17, 15) is 4.79 Å². The fourth-order valence-electron chi connectivity index (χ4n) is 2.62. The highest BCUT2D eigenvalue weighted by Gasteiger charge is 2.29. The lowest BCUT2D eigenvalue weighted by Gasteiger charge is -2.25. The van der Waals surface area contributed by atoms with Crippen LogP contribution >= 0.6 is 0 Å². The topological polar surface area (TPSA) is 32.3 Å². The molecule has 3 nitrogen and oxygen atoms in total. The van der Waals surface area contributed by atoms with Crippen LogP contribution in [0, 0.1) is 13.8 Å². The molecule has 0 aromatic heterocycles. The van der Waals surface area contributed by atoms with Gasteiger partial charge in [0.2, 0.25) is 5.91 Å². The molecule has 0 saturated carbocycles. The van der Waals surface area contributed by atoms with E-state index in [-0.39, 0.29) is 5.91 Å². The van der Waals surface area contributed by atoms with E-state index >= 15 is 0 Å². The number of carbonyl (C=O) groups is 1. The van der Waals surface area contributed by atoms with Crippen molar-refractivity contribution in [2.24, 2.45) is 0 Å². The van der Waals surface area contributed by atoms with Crippen LogP contribution in [0.4, 0.5) is 11.4 Å². The van der Waals surface area contributed by atoms with Crippen molar-refractivity contribution in [1.82, 2.24) is 0 Å². The number of aryl methyl sites for hydroxylation is 2. The predicted octanol–water partition coefficient (Wildman–Crippen LogP) is 4.29. The highest BCUT2D eigenvalue weighted by molar-refractivity contribution is 5.98. The average molecular weight is 310 g/mol. The van der Waals surface area contributed by atoms with Crippen molar-refractivity contribution in [2.75, 3.05) is 24.3 Å². The maximum Gasteiger partial charge on any atom is 0.234 e. The van der Waals surface area contributed by atoms with E-state index in [4.69, 9.17) is 0 Å². The van der Waals surface area contributed by atoms with Crippen LogP contribution in [-0.2, 0) is 10.2 Å². The number of anilines is 2. The smallest absolute Gasteiger partial charge is 0.234 e. The Kier molecular flexibility index (Phi) is 4.79. The first-order chi connectivity index (χ1) is 10.7. The first kappa shape index (κ1) is 17.1. The SMILES string of the molecule is Cc1ccc(C(C)(C)C(=O)Nc2ccc(N(C)C)c(C)c2)cc1. The van der Waals surface area contributed by atoms with Gasteiger partial charge in [-0.15, -0.1) is 0 Å². The first-order valence-corrected chi connectivity index (χ1v) is 7.88. The van der Waals surface area contributed by atoms with Crippen LogP contribution in [0.5, 0.6) is 0 Å². The van der Waals surface area contributed by atoms with Gasteiger partial charge in [0.1, 0.15) is 0 Å². The zero-order valence-corrected chi connectivity index (χ0v) is 14.9. The van der Waals surface area contributed by atoms with Crippen LogP contribution in [0.15, 0.2) is 42.5 Å². The van der Waals surface area contributed by atoms with Crippen LogP contribution in [0.1, 0.15) is 30.5 Å². The monoisotopic (exact) mass is 310 g/mol. The van der Waals surface area contributed by atoms with E-state index in [1.54, 1.807) is 0 Å². The van der Waals surface area contributed by atoms with Crippen LogP contribution in [-0.4, -0.2) is 20.0 Å². The summed E-state index contributed by atoms with van der Waals surface area (Å²) in [4.78, 5) is 14.8. The summed E-state index contributed by atoms with van der Waals surface area (Å²) in [6.07, 6.45) is 0. The molecule has 1 N–H and O–H groups in total. The number of benzene rings is 2. The van der Waals surface area contributed by atoms with Crippen molar-refractivity contribution in [1.29, 1.82) is 0 Å². The molecule has 0 fully saturated rings. The standard InChI is InChI=1S/C20H26N2O/c1-14-7-9-16(10-8-14)20(3,4)19(23)21-17-11-12-18(22(5)6)15(2)13-17/h7-13H,1-6H3,(H,21,23). The summed E-state index contributed by atoms with van der Waals surface area (Å²) in [6.45, 7) is 8.00. The lowest BCUT2D eigenvalue weighted by Crippen LogP contribution is -2.34. The summed E-state index contributed by atoms with van der Waals surface area (Å²) in [6, 6.07) is 14.1. The number of nitrogens with zero attached hydrogens (tertiary/aromatic N) is 1. The average Bonchev–Trinajstić information content (AvgIpc) is 2.47.